The predicted molar refractivity (Wildman–Crippen MR) is 73.4 cm³/mol. The van der Waals surface area contributed by atoms with Crippen molar-refractivity contribution in [3.05, 3.63) is 47.3 Å². The zero-order chi connectivity index (χ0) is 13.9. The van der Waals surface area contributed by atoms with Crippen molar-refractivity contribution in [3.8, 4) is 0 Å². The maximum atomic E-state index is 12.2. The summed E-state index contributed by atoms with van der Waals surface area (Å²) < 4.78 is 1.87. The Kier molecular flexibility index (Phi) is 3.28. The van der Waals surface area contributed by atoms with Crippen molar-refractivity contribution in [1.29, 1.82) is 0 Å². The van der Waals surface area contributed by atoms with E-state index >= 15 is 0 Å². The Balaban J connectivity index is 1.69. The largest absolute Gasteiger partial charge is 0.347 e. The summed E-state index contributed by atoms with van der Waals surface area (Å²) in [6.45, 7) is 2.31. The van der Waals surface area contributed by atoms with Gasteiger partial charge in [-0.2, -0.15) is 0 Å². The minimum Gasteiger partial charge on any atom is -0.347 e. The van der Waals surface area contributed by atoms with E-state index in [1.54, 1.807) is 6.20 Å². The van der Waals surface area contributed by atoms with Crippen LogP contribution in [0.15, 0.2) is 30.0 Å². The second-order valence-electron chi connectivity index (χ2n) is 4.69. The van der Waals surface area contributed by atoms with Crippen LogP contribution >= 0.6 is 0 Å². The monoisotopic (exact) mass is 269 g/mol. The molecule has 0 spiro atoms. The van der Waals surface area contributed by atoms with Crippen LogP contribution in [0, 0.1) is 6.92 Å². The van der Waals surface area contributed by atoms with Gasteiger partial charge < -0.3 is 5.32 Å². The lowest BCUT2D eigenvalue weighted by atomic mass is 10.1. The lowest BCUT2D eigenvalue weighted by Gasteiger charge is -2.14. The Morgan fingerprint density at radius 2 is 2.25 bits per heavy atom. The summed E-state index contributed by atoms with van der Waals surface area (Å²) in [5, 5.41) is 11.0. The summed E-state index contributed by atoms with van der Waals surface area (Å²) in [6.07, 6.45) is 4.96. The molecule has 6 nitrogen and oxygen atoms in total. The fraction of sp³-hybridized carbons (Fsp3) is 0.286. The van der Waals surface area contributed by atoms with Crippen molar-refractivity contribution < 1.29 is 4.79 Å². The Morgan fingerprint density at radius 1 is 1.35 bits per heavy atom. The van der Waals surface area contributed by atoms with Gasteiger partial charge in [-0.3, -0.25) is 14.3 Å². The Labute approximate surface area is 116 Å². The Bertz CT molecular complexity index is 659. The molecule has 20 heavy (non-hydrogen) atoms. The van der Waals surface area contributed by atoms with Gasteiger partial charge in [0.15, 0.2) is 0 Å². The summed E-state index contributed by atoms with van der Waals surface area (Å²) in [6, 6.07) is 5.64. The molecule has 0 saturated heterocycles. The second-order valence-corrected chi connectivity index (χ2v) is 4.69. The normalized spacial score (nSPS) is 13.6. The third-order valence-electron chi connectivity index (χ3n) is 3.29. The topological polar surface area (TPSA) is 72.7 Å². The van der Waals surface area contributed by atoms with Crippen LogP contribution in [0.2, 0.25) is 0 Å². The van der Waals surface area contributed by atoms with Crippen LogP contribution < -0.4 is 5.32 Å². The van der Waals surface area contributed by atoms with E-state index in [0.29, 0.717) is 13.0 Å². The van der Waals surface area contributed by atoms with Crippen molar-refractivity contribution in [2.45, 2.75) is 26.3 Å². The first-order valence-electron chi connectivity index (χ1n) is 6.53. The van der Waals surface area contributed by atoms with Crippen LogP contribution in [0.3, 0.4) is 0 Å². The van der Waals surface area contributed by atoms with Crippen LogP contribution in [0.4, 0.5) is 0 Å². The van der Waals surface area contributed by atoms with Crippen molar-refractivity contribution in [1.82, 2.24) is 25.1 Å². The lowest BCUT2D eigenvalue weighted by Crippen LogP contribution is -2.27. The van der Waals surface area contributed by atoms with E-state index in [2.05, 4.69) is 20.5 Å². The van der Waals surface area contributed by atoms with Crippen LogP contribution in [-0.4, -0.2) is 25.7 Å². The quantitative estimate of drug-likeness (QED) is 0.905. The Hall–Kier alpha value is -2.50. The number of nitrogens with one attached hydrogen (secondary N) is 1. The third kappa shape index (κ3) is 2.45. The minimum atomic E-state index is -0.0607. The van der Waals surface area contributed by atoms with E-state index in [9.17, 15) is 4.79 Å². The number of aromatic nitrogens is 4. The molecule has 0 radical (unpaired) electrons. The highest BCUT2D eigenvalue weighted by atomic mass is 16.1. The average molecular weight is 269 g/mol. The van der Waals surface area contributed by atoms with Crippen molar-refractivity contribution >= 4 is 12.1 Å². The molecule has 1 aliphatic heterocycles. The molecule has 0 aliphatic carbocycles. The summed E-state index contributed by atoms with van der Waals surface area (Å²) >= 11 is 0. The van der Waals surface area contributed by atoms with Gasteiger partial charge in [0.1, 0.15) is 11.6 Å². The number of carbonyl (C=O) groups excluding carboxylic acids is 1. The molecule has 0 saturated carbocycles. The molecule has 6 heteroatoms. The number of carbonyl (C=O) groups is 1. The molecule has 2 aromatic rings. The molecule has 0 aromatic carbocycles. The molecule has 102 valence electrons. The van der Waals surface area contributed by atoms with Crippen LogP contribution in [0.1, 0.15) is 23.8 Å². The molecule has 0 bridgehead atoms. The van der Waals surface area contributed by atoms with E-state index in [0.717, 1.165) is 29.3 Å². The molecule has 0 unspecified atom stereocenters. The second kappa shape index (κ2) is 5.24. The van der Waals surface area contributed by atoms with Crippen LogP contribution in [-0.2, 0) is 17.8 Å². The van der Waals surface area contributed by atoms with Gasteiger partial charge in [0.05, 0.1) is 12.2 Å². The number of nitrogens with zero attached hydrogens (tertiary/aromatic N) is 4. The molecule has 1 N–H and O–H groups in total. The highest BCUT2D eigenvalue weighted by Gasteiger charge is 2.18. The molecular weight excluding hydrogens is 254 g/mol. The predicted octanol–water partition coefficient (Wildman–Crippen LogP) is 1.09. The third-order valence-corrected chi connectivity index (χ3v) is 3.29. The number of rotatable bonds is 3. The van der Waals surface area contributed by atoms with E-state index in [1.807, 2.05) is 35.9 Å². The maximum absolute atomic E-state index is 12.2. The molecule has 1 aliphatic rings. The average Bonchev–Trinajstić information content (AvgIpc) is 2.87. The smallest absolute Gasteiger partial charge is 0.249 e. The van der Waals surface area contributed by atoms with Gasteiger partial charge in [-0.1, -0.05) is 6.07 Å². The SMILES string of the molecule is Cc1nnc2n1C=C(C(=O)NCc1ccccn1)CC2. The number of hydrogen-bond acceptors (Lipinski definition) is 4. The summed E-state index contributed by atoms with van der Waals surface area (Å²) in [5.74, 6) is 1.65. The van der Waals surface area contributed by atoms with Gasteiger partial charge in [-0.25, -0.2) is 0 Å². The molecule has 1 amide bonds. The van der Waals surface area contributed by atoms with E-state index in [1.165, 1.54) is 0 Å². The first kappa shape index (κ1) is 12.5. The molecule has 3 heterocycles. The number of amides is 1. The van der Waals surface area contributed by atoms with E-state index < -0.39 is 0 Å². The molecule has 0 atom stereocenters. The number of aryl methyl sites for hydroxylation is 2. The van der Waals surface area contributed by atoms with Crippen molar-refractivity contribution in [3.63, 3.8) is 0 Å². The van der Waals surface area contributed by atoms with Crippen LogP contribution in [0.25, 0.3) is 6.20 Å². The minimum absolute atomic E-state index is 0.0607. The number of hydrogen-bond donors (Lipinski definition) is 1. The molecule has 2 aromatic heterocycles. The first-order valence-corrected chi connectivity index (χ1v) is 6.53. The summed E-state index contributed by atoms with van der Waals surface area (Å²) in [5.41, 5.74) is 1.59. The molecular formula is C14H15N5O. The van der Waals surface area contributed by atoms with E-state index in [-0.39, 0.29) is 5.91 Å². The zero-order valence-corrected chi connectivity index (χ0v) is 11.2. The first-order chi connectivity index (χ1) is 9.74. The lowest BCUT2D eigenvalue weighted by molar-refractivity contribution is -0.117. The summed E-state index contributed by atoms with van der Waals surface area (Å²) in [4.78, 5) is 16.3. The zero-order valence-electron chi connectivity index (χ0n) is 11.2. The fourth-order valence-corrected chi connectivity index (χ4v) is 2.18. The van der Waals surface area contributed by atoms with Gasteiger partial charge in [0.2, 0.25) is 5.91 Å². The highest BCUT2D eigenvalue weighted by molar-refractivity contribution is 5.96. The standard InChI is InChI=1S/C14H15N5O/c1-10-17-18-13-6-5-11(9-19(10)13)14(20)16-8-12-4-2-3-7-15-12/h2-4,7,9H,5-6,8H2,1H3,(H,16,20). The van der Waals surface area contributed by atoms with Gasteiger partial charge in [-0.15, -0.1) is 10.2 Å². The van der Waals surface area contributed by atoms with E-state index in [4.69, 9.17) is 0 Å². The highest BCUT2D eigenvalue weighted by Crippen LogP contribution is 2.17. The van der Waals surface area contributed by atoms with Gasteiger partial charge in [0, 0.05) is 24.4 Å². The number of pyridine rings is 1. The number of fused-ring (bicyclic) bond motifs is 1. The van der Waals surface area contributed by atoms with Gasteiger partial charge >= 0.3 is 0 Å². The van der Waals surface area contributed by atoms with Crippen molar-refractivity contribution in [2.24, 2.45) is 0 Å². The fourth-order valence-electron chi connectivity index (χ4n) is 2.18. The van der Waals surface area contributed by atoms with Gasteiger partial charge in [-0.05, 0) is 25.5 Å². The van der Waals surface area contributed by atoms with Gasteiger partial charge in [0.25, 0.3) is 0 Å². The maximum Gasteiger partial charge on any atom is 0.249 e. The van der Waals surface area contributed by atoms with Crippen molar-refractivity contribution in [2.75, 3.05) is 0 Å². The van der Waals surface area contributed by atoms with Crippen LogP contribution in [0.5, 0.6) is 0 Å². The molecule has 3 rings (SSSR count). The molecule has 0 fully saturated rings. The summed E-state index contributed by atoms with van der Waals surface area (Å²) in [7, 11) is 0. The Morgan fingerprint density at radius 3 is 3.05 bits per heavy atom.